The van der Waals surface area contributed by atoms with Crippen molar-refractivity contribution in [3.8, 4) is 0 Å². The molecule has 0 saturated carbocycles. The Hall–Kier alpha value is -3.62. The van der Waals surface area contributed by atoms with Crippen molar-refractivity contribution in [1.29, 1.82) is 0 Å². The van der Waals surface area contributed by atoms with Gasteiger partial charge >= 0.3 is 6.03 Å². The maximum Gasteiger partial charge on any atom is 0.319 e. The highest BCUT2D eigenvalue weighted by molar-refractivity contribution is 5.88. The van der Waals surface area contributed by atoms with E-state index in [2.05, 4.69) is 25.3 Å². The van der Waals surface area contributed by atoms with Crippen molar-refractivity contribution in [1.82, 2.24) is 24.6 Å². The van der Waals surface area contributed by atoms with Crippen LogP contribution in [0, 0.1) is 6.92 Å². The van der Waals surface area contributed by atoms with Gasteiger partial charge in [-0.15, -0.1) is 0 Å². The van der Waals surface area contributed by atoms with Gasteiger partial charge in [0.25, 0.3) is 0 Å². The third kappa shape index (κ3) is 5.18. The average molecular weight is 367 g/mol. The summed E-state index contributed by atoms with van der Waals surface area (Å²) in [5.74, 6) is 0.453. The smallest absolute Gasteiger partial charge is 0.319 e. The number of imidazole rings is 1. The van der Waals surface area contributed by atoms with Crippen molar-refractivity contribution < 1.29 is 9.59 Å². The van der Waals surface area contributed by atoms with Gasteiger partial charge < -0.3 is 20.9 Å². The quantitative estimate of drug-likeness (QED) is 0.582. The van der Waals surface area contributed by atoms with Gasteiger partial charge in [-0.1, -0.05) is 24.3 Å². The van der Waals surface area contributed by atoms with Gasteiger partial charge in [0, 0.05) is 31.7 Å². The Morgan fingerprint density at radius 1 is 1.26 bits per heavy atom. The number of nitrogens with one attached hydrogen (secondary N) is 2. The van der Waals surface area contributed by atoms with E-state index in [1.165, 1.54) is 10.9 Å². The number of aromatic nitrogens is 4. The zero-order valence-corrected chi connectivity index (χ0v) is 14.9. The maximum atomic E-state index is 12.0. The van der Waals surface area contributed by atoms with Gasteiger partial charge in [-0.25, -0.2) is 9.78 Å². The van der Waals surface area contributed by atoms with Crippen molar-refractivity contribution >= 4 is 17.6 Å². The first-order chi connectivity index (χ1) is 13.0. The fourth-order valence-corrected chi connectivity index (χ4v) is 2.64. The molecule has 0 aliphatic heterocycles. The Morgan fingerprint density at radius 3 is 2.81 bits per heavy atom. The van der Waals surface area contributed by atoms with Crippen molar-refractivity contribution in [2.24, 2.45) is 5.73 Å². The summed E-state index contributed by atoms with van der Waals surface area (Å²) in [5, 5.41) is 9.41. The van der Waals surface area contributed by atoms with Crippen LogP contribution in [0.4, 0.5) is 10.5 Å². The summed E-state index contributed by atoms with van der Waals surface area (Å²) in [6.07, 6.45) is 6.71. The van der Waals surface area contributed by atoms with E-state index in [1.807, 2.05) is 37.4 Å². The lowest BCUT2D eigenvalue weighted by atomic mass is 10.1. The maximum absolute atomic E-state index is 12.0. The van der Waals surface area contributed by atoms with E-state index in [0.717, 1.165) is 23.5 Å². The summed E-state index contributed by atoms with van der Waals surface area (Å²) in [4.78, 5) is 27.1. The van der Waals surface area contributed by atoms with E-state index < -0.39 is 5.91 Å². The summed E-state index contributed by atoms with van der Waals surface area (Å²) >= 11 is 0. The van der Waals surface area contributed by atoms with E-state index in [-0.39, 0.29) is 12.6 Å². The van der Waals surface area contributed by atoms with Gasteiger partial charge in [0.1, 0.15) is 12.4 Å². The molecule has 2 aromatic heterocycles. The predicted molar refractivity (Wildman–Crippen MR) is 99.8 cm³/mol. The second-order valence-corrected chi connectivity index (χ2v) is 6.12. The largest absolute Gasteiger partial charge is 0.368 e. The molecule has 27 heavy (non-hydrogen) atoms. The van der Waals surface area contributed by atoms with Gasteiger partial charge in [0.15, 0.2) is 0 Å². The molecule has 2 heterocycles. The van der Waals surface area contributed by atoms with E-state index in [4.69, 9.17) is 5.73 Å². The minimum Gasteiger partial charge on any atom is -0.368 e. The molecule has 1 aromatic carbocycles. The molecular formula is C18H21N7O2. The van der Waals surface area contributed by atoms with Crippen LogP contribution in [-0.4, -0.2) is 31.3 Å². The van der Waals surface area contributed by atoms with Crippen LogP contribution in [0.3, 0.4) is 0 Å². The number of carbonyl (C=O) groups is 2. The molecule has 140 valence electrons. The van der Waals surface area contributed by atoms with E-state index in [9.17, 15) is 9.59 Å². The number of carbonyl (C=O) groups excluding carboxylic acids is 2. The molecule has 0 spiro atoms. The van der Waals surface area contributed by atoms with Crippen LogP contribution in [0.15, 0.2) is 49.1 Å². The van der Waals surface area contributed by atoms with Crippen LogP contribution in [0.1, 0.15) is 17.0 Å². The van der Waals surface area contributed by atoms with Crippen LogP contribution in [0.25, 0.3) is 0 Å². The van der Waals surface area contributed by atoms with Crippen molar-refractivity contribution in [2.75, 3.05) is 5.32 Å². The number of rotatable bonds is 7. The third-order valence-corrected chi connectivity index (χ3v) is 3.93. The Balaban J connectivity index is 1.53. The van der Waals surface area contributed by atoms with Crippen molar-refractivity contribution in [3.63, 3.8) is 0 Å². The Bertz CT molecular complexity index is 945. The van der Waals surface area contributed by atoms with E-state index >= 15 is 0 Å². The molecule has 3 rings (SSSR count). The summed E-state index contributed by atoms with van der Waals surface area (Å²) in [6, 6.07) is 7.64. The number of benzene rings is 1. The van der Waals surface area contributed by atoms with Gasteiger partial charge in [-0.2, -0.15) is 5.10 Å². The molecule has 0 atom stereocenters. The fraction of sp³-hybridized carbons (Fsp3) is 0.222. The van der Waals surface area contributed by atoms with Crippen LogP contribution in [0.5, 0.6) is 0 Å². The number of nitrogens with two attached hydrogens (primary N) is 1. The number of urea groups is 1. The van der Waals surface area contributed by atoms with Crippen molar-refractivity contribution in [2.45, 2.75) is 26.6 Å². The summed E-state index contributed by atoms with van der Waals surface area (Å²) in [5.41, 5.74) is 7.71. The molecule has 0 radical (unpaired) electrons. The highest BCUT2D eigenvalue weighted by Gasteiger charge is 2.06. The SMILES string of the molecule is Cc1nccn1Cc1cccc(CNC(=O)Nc2cnn(CC(N)=O)c2)c1. The van der Waals surface area contributed by atoms with Gasteiger partial charge in [-0.05, 0) is 18.1 Å². The van der Waals surface area contributed by atoms with E-state index in [1.54, 1.807) is 12.4 Å². The zero-order valence-electron chi connectivity index (χ0n) is 14.9. The third-order valence-electron chi connectivity index (χ3n) is 3.93. The highest BCUT2D eigenvalue weighted by Crippen LogP contribution is 2.09. The molecule has 4 N–H and O–H groups in total. The molecule has 3 amide bonds. The highest BCUT2D eigenvalue weighted by atomic mass is 16.2. The fourth-order valence-electron chi connectivity index (χ4n) is 2.64. The lowest BCUT2D eigenvalue weighted by molar-refractivity contribution is -0.118. The summed E-state index contributed by atoms with van der Waals surface area (Å²) < 4.78 is 3.42. The lowest BCUT2D eigenvalue weighted by Crippen LogP contribution is -2.28. The number of hydrogen-bond acceptors (Lipinski definition) is 4. The number of nitrogens with zero attached hydrogens (tertiary/aromatic N) is 4. The average Bonchev–Trinajstić information content (AvgIpc) is 3.22. The number of hydrogen-bond donors (Lipinski definition) is 3. The molecule has 0 aliphatic carbocycles. The number of primary amides is 1. The standard InChI is InChI=1S/C18H21N7O2/c1-13-20-5-6-24(13)10-15-4-2-3-14(7-15)8-21-18(27)23-16-9-22-25(11-16)12-17(19)26/h2-7,9,11H,8,10,12H2,1H3,(H2,19,26)(H2,21,23,27). The topological polar surface area (TPSA) is 120 Å². The minimum absolute atomic E-state index is 0.0352. The first kappa shape index (κ1) is 18.2. The second-order valence-electron chi connectivity index (χ2n) is 6.12. The Labute approximate surface area is 156 Å². The van der Waals surface area contributed by atoms with Crippen LogP contribution >= 0.6 is 0 Å². The van der Waals surface area contributed by atoms with Gasteiger partial charge in [-0.3, -0.25) is 9.48 Å². The normalized spacial score (nSPS) is 10.6. The van der Waals surface area contributed by atoms with Gasteiger partial charge in [0.05, 0.1) is 11.9 Å². The molecule has 9 nitrogen and oxygen atoms in total. The Morgan fingerprint density at radius 2 is 2.07 bits per heavy atom. The minimum atomic E-state index is -0.500. The molecule has 3 aromatic rings. The first-order valence-electron chi connectivity index (χ1n) is 8.41. The first-order valence-corrected chi connectivity index (χ1v) is 8.41. The number of amides is 3. The molecule has 0 bridgehead atoms. The molecular weight excluding hydrogens is 346 g/mol. The Kier molecular flexibility index (Phi) is 5.50. The molecule has 9 heteroatoms. The monoisotopic (exact) mass is 367 g/mol. The number of aryl methyl sites for hydroxylation is 1. The zero-order chi connectivity index (χ0) is 19.2. The number of anilines is 1. The molecule has 0 unspecified atom stereocenters. The second kappa shape index (κ2) is 8.17. The molecule has 0 fully saturated rings. The van der Waals surface area contributed by atoms with Crippen LogP contribution < -0.4 is 16.4 Å². The van der Waals surface area contributed by atoms with Gasteiger partial charge in [0.2, 0.25) is 5.91 Å². The van der Waals surface area contributed by atoms with E-state index in [0.29, 0.717) is 12.2 Å². The van der Waals surface area contributed by atoms with Crippen molar-refractivity contribution in [3.05, 3.63) is 66.0 Å². The molecule has 0 saturated heterocycles. The summed E-state index contributed by atoms with van der Waals surface area (Å²) in [7, 11) is 0. The van der Waals surface area contributed by atoms with Crippen LogP contribution in [0.2, 0.25) is 0 Å². The van der Waals surface area contributed by atoms with Crippen LogP contribution in [-0.2, 0) is 24.4 Å². The lowest BCUT2D eigenvalue weighted by Gasteiger charge is -2.09. The predicted octanol–water partition coefficient (Wildman–Crippen LogP) is 1.24. The molecule has 0 aliphatic rings. The summed E-state index contributed by atoms with van der Waals surface area (Å²) in [6.45, 7) is 3.04.